The number of alkyl halides is 2. The number of carbonyl (C=O) groups is 2. The van der Waals surface area contributed by atoms with Gasteiger partial charge in [-0.25, -0.2) is 0 Å². The second kappa shape index (κ2) is 11.4. The van der Waals surface area contributed by atoms with Gasteiger partial charge in [-0.15, -0.1) is 0 Å². The number of pyridine rings is 1. The molecular formula is C23H29ClF2N4O4. The van der Waals surface area contributed by atoms with E-state index in [1.165, 1.54) is 26.0 Å². The first-order valence-electron chi connectivity index (χ1n) is 10.8. The fourth-order valence-corrected chi connectivity index (χ4v) is 3.59. The van der Waals surface area contributed by atoms with Gasteiger partial charge < -0.3 is 21.5 Å². The number of anilines is 1. The average molecular weight is 499 g/mol. The predicted octanol–water partition coefficient (Wildman–Crippen LogP) is 2.41. The number of aromatic nitrogens is 1. The predicted molar refractivity (Wildman–Crippen MR) is 127 cm³/mol. The maximum atomic E-state index is 14.6. The molecular weight excluding hydrogens is 470 g/mol. The molecule has 186 valence electrons. The normalized spacial score (nSPS) is 13.4. The van der Waals surface area contributed by atoms with Crippen molar-refractivity contribution in [3.63, 3.8) is 0 Å². The van der Waals surface area contributed by atoms with E-state index in [0.29, 0.717) is 22.7 Å². The van der Waals surface area contributed by atoms with Crippen molar-refractivity contribution < 1.29 is 23.5 Å². The van der Waals surface area contributed by atoms with E-state index in [1.54, 1.807) is 31.2 Å². The number of hydrogen-bond donors (Lipinski definition) is 4. The topological polar surface area (TPSA) is 126 Å². The van der Waals surface area contributed by atoms with Crippen LogP contribution in [-0.4, -0.2) is 46.1 Å². The summed E-state index contributed by atoms with van der Waals surface area (Å²) in [4.78, 5) is 37.4. The molecule has 0 aliphatic rings. The van der Waals surface area contributed by atoms with Crippen LogP contribution in [0, 0.1) is 5.92 Å². The minimum Gasteiger partial charge on any atom is -0.394 e. The summed E-state index contributed by atoms with van der Waals surface area (Å²) < 4.78 is 30.2. The number of carbonyl (C=O) groups excluding carboxylic acids is 2. The molecule has 34 heavy (non-hydrogen) atoms. The van der Waals surface area contributed by atoms with Gasteiger partial charge in [-0.2, -0.15) is 8.78 Å². The number of benzene rings is 1. The van der Waals surface area contributed by atoms with Gasteiger partial charge in [0.05, 0.1) is 17.4 Å². The van der Waals surface area contributed by atoms with Gasteiger partial charge in [0.2, 0.25) is 5.91 Å². The fraction of sp³-hybridized carbons (Fsp3) is 0.435. The van der Waals surface area contributed by atoms with Crippen LogP contribution in [0.5, 0.6) is 0 Å². The molecule has 1 heterocycles. The van der Waals surface area contributed by atoms with Crippen LogP contribution < -0.4 is 21.9 Å². The van der Waals surface area contributed by atoms with Gasteiger partial charge in [-0.3, -0.25) is 19.0 Å². The molecule has 2 aromatic rings. The summed E-state index contributed by atoms with van der Waals surface area (Å²) in [6, 6.07) is 8.08. The van der Waals surface area contributed by atoms with E-state index in [4.69, 9.17) is 17.3 Å². The second-order valence-corrected chi connectivity index (χ2v) is 8.61. The van der Waals surface area contributed by atoms with E-state index < -0.39 is 47.9 Å². The number of aliphatic hydroxyl groups is 1. The molecule has 2 rings (SSSR count). The lowest BCUT2D eigenvalue weighted by Gasteiger charge is -2.32. The van der Waals surface area contributed by atoms with Gasteiger partial charge in [-0.05, 0) is 30.5 Å². The highest BCUT2D eigenvalue weighted by Gasteiger charge is 2.51. The zero-order valence-corrected chi connectivity index (χ0v) is 19.9. The van der Waals surface area contributed by atoms with Crippen molar-refractivity contribution in [3.8, 4) is 11.3 Å². The fourth-order valence-electron chi connectivity index (χ4n) is 3.36. The van der Waals surface area contributed by atoms with E-state index in [-0.39, 0.29) is 12.2 Å². The van der Waals surface area contributed by atoms with Crippen LogP contribution in [0.15, 0.2) is 41.2 Å². The van der Waals surface area contributed by atoms with Crippen molar-refractivity contribution in [2.24, 2.45) is 5.92 Å². The third-order valence-electron chi connectivity index (χ3n) is 5.25. The molecule has 2 amide bonds. The molecule has 1 aromatic heterocycles. The highest BCUT2D eigenvalue weighted by atomic mass is 35.5. The molecule has 0 fully saturated rings. The van der Waals surface area contributed by atoms with Crippen LogP contribution in [0.1, 0.15) is 27.2 Å². The van der Waals surface area contributed by atoms with Gasteiger partial charge in [-0.1, -0.05) is 50.6 Å². The average Bonchev–Trinajstić information content (AvgIpc) is 2.79. The maximum Gasteiger partial charge on any atom is 0.351 e. The van der Waals surface area contributed by atoms with E-state index in [2.05, 4.69) is 10.6 Å². The minimum atomic E-state index is -4.14. The molecule has 0 saturated carbocycles. The lowest BCUT2D eigenvalue weighted by atomic mass is 9.93. The van der Waals surface area contributed by atoms with E-state index >= 15 is 0 Å². The molecule has 2 atom stereocenters. The first-order chi connectivity index (χ1) is 15.9. The smallest absolute Gasteiger partial charge is 0.351 e. The largest absolute Gasteiger partial charge is 0.394 e. The van der Waals surface area contributed by atoms with Gasteiger partial charge in [0.1, 0.15) is 12.6 Å². The number of rotatable bonds is 10. The Balaban J connectivity index is 2.33. The van der Waals surface area contributed by atoms with Crippen molar-refractivity contribution in [2.75, 3.05) is 12.3 Å². The highest BCUT2D eigenvalue weighted by molar-refractivity contribution is 6.33. The van der Waals surface area contributed by atoms with Gasteiger partial charge in [0.15, 0.2) is 0 Å². The van der Waals surface area contributed by atoms with Crippen LogP contribution in [0.25, 0.3) is 11.3 Å². The Labute approximate surface area is 201 Å². The van der Waals surface area contributed by atoms with Crippen molar-refractivity contribution in [2.45, 2.75) is 51.8 Å². The molecule has 2 unspecified atom stereocenters. The van der Waals surface area contributed by atoms with Gasteiger partial charge in [0, 0.05) is 17.1 Å². The Morgan fingerprint density at radius 1 is 1.21 bits per heavy atom. The van der Waals surface area contributed by atoms with Gasteiger partial charge in [0.25, 0.3) is 11.5 Å². The Morgan fingerprint density at radius 3 is 2.44 bits per heavy atom. The molecule has 0 aliphatic carbocycles. The lowest BCUT2D eigenvalue weighted by molar-refractivity contribution is -0.169. The van der Waals surface area contributed by atoms with Crippen LogP contribution in [0.3, 0.4) is 0 Å². The number of nitrogens with one attached hydrogen (secondary N) is 2. The summed E-state index contributed by atoms with van der Waals surface area (Å²) in [5.41, 5.74) is 5.70. The van der Waals surface area contributed by atoms with E-state index in [0.717, 1.165) is 4.57 Å². The van der Waals surface area contributed by atoms with Gasteiger partial charge >= 0.3 is 5.92 Å². The van der Waals surface area contributed by atoms with Crippen LogP contribution >= 0.6 is 11.6 Å². The monoisotopic (exact) mass is 498 g/mol. The molecule has 8 nitrogen and oxygen atoms in total. The van der Waals surface area contributed by atoms with Crippen molar-refractivity contribution in [1.29, 1.82) is 0 Å². The number of halogens is 3. The van der Waals surface area contributed by atoms with Crippen molar-refractivity contribution in [1.82, 2.24) is 15.2 Å². The number of hydrogen-bond acceptors (Lipinski definition) is 5. The molecule has 0 aliphatic heterocycles. The molecule has 0 saturated heterocycles. The number of nitrogens with two attached hydrogens (primary N) is 1. The highest BCUT2D eigenvalue weighted by Crippen LogP contribution is 2.28. The molecule has 0 radical (unpaired) electrons. The summed E-state index contributed by atoms with van der Waals surface area (Å²) in [5.74, 6) is -7.27. The van der Waals surface area contributed by atoms with Crippen LogP contribution in [0.4, 0.5) is 14.5 Å². The quantitative estimate of drug-likeness (QED) is 0.400. The molecule has 0 bridgehead atoms. The van der Waals surface area contributed by atoms with Crippen molar-refractivity contribution >= 4 is 29.1 Å². The standard InChI is InChI=1S/C23H29ClF2N4O4/c1-4-11-28-22(34)23(25,26)20(32)19(13(2)3)29-18(31)12-30-17(10-9-16(27)21(30)33)14-7-5-6-8-15(14)24/h5-10,13,19-20,32H,4,11-12,27H2,1-3H3,(H,28,34)(H,29,31). The van der Waals surface area contributed by atoms with Crippen molar-refractivity contribution in [3.05, 3.63) is 51.8 Å². The Hall–Kier alpha value is -2.98. The molecule has 1 aromatic carbocycles. The van der Waals surface area contributed by atoms with E-state index in [1.807, 2.05) is 0 Å². The van der Waals surface area contributed by atoms with E-state index in [9.17, 15) is 28.3 Å². The third kappa shape index (κ3) is 6.12. The zero-order chi connectivity index (χ0) is 25.6. The zero-order valence-electron chi connectivity index (χ0n) is 19.1. The summed E-state index contributed by atoms with van der Waals surface area (Å²) in [5, 5.41) is 15.0. The maximum absolute atomic E-state index is 14.6. The first kappa shape index (κ1) is 27.3. The van der Waals surface area contributed by atoms with Crippen LogP contribution in [0.2, 0.25) is 5.02 Å². The Bertz CT molecular complexity index is 1090. The summed E-state index contributed by atoms with van der Waals surface area (Å²) >= 11 is 6.24. The summed E-state index contributed by atoms with van der Waals surface area (Å²) in [7, 11) is 0. The van der Waals surface area contributed by atoms with Crippen LogP contribution in [-0.2, 0) is 16.1 Å². The molecule has 5 N–H and O–H groups in total. The number of aliphatic hydroxyl groups excluding tert-OH is 1. The minimum absolute atomic E-state index is 0.0169. The SMILES string of the molecule is CCCNC(=O)C(F)(F)C(O)C(NC(=O)Cn1c(-c2ccccc2Cl)ccc(N)c1=O)C(C)C. The number of nitrogens with zero attached hydrogens (tertiary/aromatic N) is 1. The Kier molecular flexibility index (Phi) is 9.17. The molecule has 11 heteroatoms. The first-order valence-corrected chi connectivity index (χ1v) is 11.2. The third-order valence-corrected chi connectivity index (χ3v) is 5.58. The summed E-state index contributed by atoms with van der Waals surface area (Å²) in [6.07, 6.45) is -2.06. The Morgan fingerprint density at radius 2 is 1.85 bits per heavy atom. The lowest BCUT2D eigenvalue weighted by Crippen LogP contribution is -2.59. The number of amides is 2. The second-order valence-electron chi connectivity index (χ2n) is 8.21. The molecule has 0 spiro atoms. The number of nitrogen functional groups attached to an aromatic ring is 1. The summed E-state index contributed by atoms with van der Waals surface area (Å²) in [6.45, 7) is 4.16.